The molecule has 5 heteroatoms. The summed E-state index contributed by atoms with van der Waals surface area (Å²) in [7, 11) is 0. The van der Waals surface area contributed by atoms with Crippen molar-refractivity contribution in [2.75, 3.05) is 23.4 Å². The molecule has 0 aliphatic carbocycles. The zero-order valence-electron chi connectivity index (χ0n) is 15.7. The van der Waals surface area contributed by atoms with Gasteiger partial charge >= 0.3 is 0 Å². The number of carbonyl (C=O) groups is 2. The van der Waals surface area contributed by atoms with Crippen LogP contribution in [0.2, 0.25) is 0 Å². The lowest BCUT2D eigenvalue weighted by atomic mass is 10.1. The van der Waals surface area contributed by atoms with E-state index in [1.165, 1.54) is 0 Å². The second-order valence-corrected chi connectivity index (χ2v) is 6.81. The van der Waals surface area contributed by atoms with Gasteiger partial charge in [-0.3, -0.25) is 9.59 Å². The Morgan fingerprint density at radius 2 is 1.70 bits per heavy atom. The number of ether oxygens (including phenoxy) is 1. The van der Waals surface area contributed by atoms with Gasteiger partial charge in [-0.05, 0) is 49.1 Å². The predicted octanol–water partition coefficient (Wildman–Crippen LogP) is 3.79. The minimum absolute atomic E-state index is 0.0144. The third-order valence-corrected chi connectivity index (χ3v) is 4.81. The zero-order chi connectivity index (χ0) is 19.1. The number of nitrogens with zero attached hydrogens (tertiary/aromatic N) is 1. The largest absolute Gasteiger partial charge is 0.381 e. The maximum Gasteiger partial charge on any atom is 0.224 e. The number of hydrogen-bond donors (Lipinski definition) is 1. The zero-order valence-corrected chi connectivity index (χ0v) is 15.7. The molecule has 0 saturated carbocycles. The molecular formula is C22H26N2O3. The first-order chi connectivity index (χ1) is 13.1. The number of hydrogen-bond acceptors (Lipinski definition) is 3. The van der Waals surface area contributed by atoms with E-state index in [2.05, 4.69) is 5.32 Å². The molecule has 142 valence electrons. The summed E-state index contributed by atoms with van der Waals surface area (Å²) >= 11 is 0. The molecule has 3 rings (SSSR count). The lowest BCUT2D eigenvalue weighted by molar-refractivity contribution is -0.117. The Morgan fingerprint density at radius 3 is 2.33 bits per heavy atom. The lowest BCUT2D eigenvalue weighted by Crippen LogP contribution is -2.42. The molecule has 2 aromatic carbocycles. The summed E-state index contributed by atoms with van der Waals surface area (Å²) in [6, 6.07) is 17.6. The van der Waals surface area contributed by atoms with Crippen LogP contribution in [0.4, 0.5) is 11.4 Å². The van der Waals surface area contributed by atoms with Crippen molar-refractivity contribution in [2.24, 2.45) is 0 Å². The van der Waals surface area contributed by atoms with E-state index in [4.69, 9.17) is 4.74 Å². The average molecular weight is 366 g/mol. The molecule has 0 spiro atoms. The van der Waals surface area contributed by atoms with E-state index in [1.807, 2.05) is 59.5 Å². The van der Waals surface area contributed by atoms with Crippen LogP contribution in [0.3, 0.4) is 0 Å². The van der Waals surface area contributed by atoms with E-state index < -0.39 is 0 Å². The molecule has 1 saturated heterocycles. The first-order valence-electron chi connectivity index (χ1n) is 9.45. The number of rotatable bonds is 6. The smallest absolute Gasteiger partial charge is 0.224 e. The summed E-state index contributed by atoms with van der Waals surface area (Å²) in [5.41, 5.74) is 2.75. The van der Waals surface area contributed by atoms with E-state index in [9.17, 15) is 9.59 Å². The van der Waals surface area contributed by atoms with Gasteiger partial charge in [0.15, 0.2) is 0 Å². The van der Waals surface area contributed by atoms with Crippen molar-refractivity contribution in [3.63, 3.8) is 0 Å². The first-order valence-corrected chi connectivity index (χ1v) is 9.45. The van der Waals surface area contributed by atoms with Crippen molar-refractivity contribution >= 4 is 23.2 Å². The first kappa shape index (κ1) is 19.1. The fourth-order valence-corrected chi connectivity index (χ4v) is 3.42. The molecule has 1 fully saturated rings. The standard InChI is InChI=1S/C22H26N2O3/c1-17(25)24(21-13-15-27-16-14-21)20-10-8-19(9-11-20)23-22(26)12-7-18-5-3-2-4-6-18/h2-6,8-11,21H,7,12-16H2,1H3,(H,23,26). The summed E-state index contributed by atoms with van der Waals surface area (Å²) in [5.74, 6) is 0.0148. The maximum atomic E-state index is 12.2. The summed E-state index contributed by atoms with van der Waals surface area (Å²) in [6.07, 6.45) is 2.84. The summed E-state index contributed by atoms with van der Waals surface area (Å²) in [5, 5.41) is 2.92. The molecule has 1 N–H and O–H groups in total. The number of amides is 2. The predicted molar refractivity (Wildman–Crippen MR) is 107 cm³/mol. The van der Waals surface area contributed by atoms with Gasteiger partial charge in [-0.1, -0.05) is 30.3 Å². The van der Waals surface area contributed by atoms with E-state index in [1.54, 1.807) is 6.92 Å². The SMILES string of the molecule is CC(=O)N(c1ccc(NC(=O)CCc2ccccc2)cc1)C1CCOCC1. The van der Waals surface area contributed by atoms with Crippen molar-refractivity contribution in [1.29, 1.82) is 0 Å². The van der Waals surface area contributed by atoms with Crippen molar-refractivity contribution in [1.82, 2.24) is 0 Å². The fourth-order valence-electron chi connectivity index (χ4n) is 3.42. The minimum Gasteiger partial charge on any atom is -0.381 e. The van der Waals surface area contributed by atoms with Crippen LogP contribution in [-0.4, -0.2) is 31.1 Å². The van der Waals surface area contributed by atoms with Gasteiger partial charge in [-0.15, -0.1) is 0 Å². The lowest BCUT2D eigenvalue weighted by Gasteiger charge is -2.33. The maximum absolute atomic E-state index is 12.2. The highest BCUT2D eigenvalue weighted by Crippen LogP contribution is 2.25. The van der Waals surface area contributed by atoms with Gasteiger partial charge in [0.2, 0.25) is 11.8 Å². The summed E-state index contributed by atoms with van der Waals surface area (Å²) < 4.78 is 5.40. The molecule has 0 aromatic heterocycles. The van der Waals surface area contributed by atoms with Crippen molar-refractivity contribution in [3.8, 4) is 0 Å². The Labute approximate surface area is 160 Å². The molecule has 2 aromatic rings. The van der Waals surface area contributed by atoms with E-state index >= 15 is 0 Å². The molecule has 0 bridgehead atoms. The molecule has 1 aliphatic rings. The third-order valence-electron chi connectivity index (χ3n) is 4.81. The Bertz CT molecular complexity index is 753. The minimum atomic E-state index is -0.0144. The Kier molecular flexibility index (Phi) is 6.60. The second-order valence-electron chi connectivity index (χ2n) is 6.81. The van der Waals surface area contributed by atoms with Gasteiger partial charge in [-0.25, -0.2) is 0 Å². The van der Waals surface area contributed by atoms with E-state index in [-0.39, 0.29) is 17.9 Å². The summed E-state index contributed by atoms with van der Waals surface area (Å²) in [6.45, 7) is 2.96. The second kappa shape index (κ2) is 9.33. The average Bonchev–Trinajstić information content (AvgIpc) is 2.69. The summed E-state index contributed by atoms with van der Waals surface area (Å²) in [4.78, 5) is 26.1. The Balaban J connectivity index is 1.58. The van der Waals surface area contributed by atoms with Gasteiger partial charge in [0.05, 0.1) is 0 Å². The Morgan fingerprint density at radius 1 is 1.04 bits per heavy atom. The fraction of sp³-hybridized carbons (Fsp3) is 0.364. The number of nitrogens with one attached hydrogen (secondary N) is 1. The molecule has 2 amide bonds. The van der Waals surface area contributed by atoms with Crippen LogP contribution >= 0.6 is 0 Å². The van der Waals surface area contributed by atoms with Crippen molar-refractivity contribution < 1.29 is 14.3 Å². The number of carbonyl (C=O) groups excluding carboxylic acids is 2. The highest BCUT2D eigenvalue weighted by Gasteiger charge is 2.24. The third kappa shape index (κ3) is 5.41. The van der Waals surface area contributed by atoms with Crippen LogP contribution in [0.25, 0.3) is 0 Å². The number of benzene rings is 2. The quantitative estimate of drug-likeness (QED) is 0.846. The van der Waals surface area contributed by atoms with Crippen LogP contribution in [0.5, 0.6) is 0 Å². The highest BCUT2D eigenvalue weighted by molar-refractivity contribution is 5.93. The molecule has 0 radical (unpaired) electrons. The monoisotopic (exact) mass is 366 g/mol. The van der Waals surface area contributed by atoms with Crippen LogP contribution in [0.15, 0.2) is 54.6 Å². The van der Waals surface area contributed by atoms with Crippen LogP contribution < -0.4 is 10.2 Å². The molecular weight excluding hydrogens is 340 g/mol. The highest BCUT2D eigenvalue weighted by atomic mass is 16.5. The van der Waals surface area contributed by atoms with Gasteiger partial charge in [0.1, 0.15) is 0 Å². The molecule has 1 aliphatic heterocycles. The van der Waals surface area contributed by atoms with E-state index in [0.29, 0.717) is 26.1 Å². The molecule has 1 heterocycles. The van der Waals surface area contributed by atoms with Crippen LogP contribution in [0, 0.1) is 0 Å². The van der Waals surface area contributed by atoms with Gasteiger partial charge in [0.25, 0.3) is 0 Å². The molecule has 0 unspecified atom stereocenters. The van der Waals surface area contributed by atoms with E-state index in [0.717, 1.165) is 29.8 Å². The molecule has 27 heavy (non-hydrogen) atoms. The molecule has 5 nitrogen and oxygen atoms in total. The van der Waals surface area contributed by atoms with Crippen molar-refractivity contribution in [2.45, 2.75) is 38.6 Å². The van der Waals surface area contributed by atoms with Crippen molar-refractivity contribution in [3.05, 3.63) is 60.2 Å². The van der Waals surface area contributed by atoms with Crippen LogP contribution in [0.1, 0.15) is 31.7 Å². The normalized spacial score (nSPS) is 14.6. The van der Waals surface area contributed by atoms with Crippen LogP contribution in [-0.2, 0) is 20.7 Å². The van der Waals surface area contributed by atoms with Gasteiger partial charge in [0, 0.05) is 44.0 Å². The Hall–Kier alpha value is -2.66. The van der Waals surface area contributed by atoms with Gasteiger partial charge < -0.3 is 15.0 Å². The molecule has 0 atom stereocenters. The number of anilines is 2. The topological polar surface area (TPSA) is 58.6 Å². The van der Waals surface area contributed by atoms with Gasteiger partial charge in [-0.2, -0.15) is 0 Å². The number of aryl methyl sites for hydroxylation is 1.